The molecule has 20 nitrogen and oxygen atoms in total. The number of ketones is 1. The molecule has 4 aromatic rings. The van der Waals surface area contributed by atoms with Crippen LogP contribution in [0.3, 0.4) is 0 Å². The molecule has 3 aliphatic rings. The smallest absolute Gasteiger partial charge is 0.472 e. The number of amides is 2. The number of ether oxygens (including phenoxy) is 2. The van der Waals surface area contributed by atoms with E-state index in [1.807, 2.05) is 0 Å². The summed E-state index contributed by atoms with van der Waals surface area (Å²) in [4.78, 5) is 60.8. The predicted octanol–water partition coefficient (Wildman–Crippen LogP) is 3.96. The Morgan fingerprint density at radius 2 is 1.64 bits per heavy atom. The van der Waals surface area contributed by atoms with Crippen LogP contribution in [0, 0.1) is 0 Å². The summed E-state index contributed by atoms with van der Waals surface area (Å²) in [6, 6.07) is 10.9. The number of hydrogen-bond acceptors (Lipinski definition) is 17. The van der Waals surface area contributed by atoms with Gasteiger partial charge < -0.3 is 30.5 Å². The lowest BCUT2D eigenvalue weighted by molar-refractivity contribution is -0.104. The van der Waals surface area contributed by atoms with Crippen LogP contribution in [0.5, 0.6) is 5.75 Å². The van der Waals surface area contributed by atoms with Crippen molar-refractivity contribution in [1.29, 1.82) is 0 Å². The van der Waals surface area contributed by atoms with Gasteiger partial charge in [-0.1, -0.05) is 24.3 Å². The van der Waals surface area contributed by atoms with Crippen LogP contribution >= 0.6 is 26.0 Å². The molecular weight excluding hydrogens is 846 g/mol. The van der Waals surface area contributed by atoms with E-state index in [-0.39, 0.29) is 34.3 Å². The van der Waals surface area contributed by atoms with E-state index >= 15 is 8.78 Å². The number of nitrogens with zero attached hydrogens (tertiary/aromatic N) is 5. The fraction of sp³-hybridized carbons (Fsp3) is 0.353. The Labute approximate surface area is 336 Å². The Morgan fingerprint density at radius 3 is 2.34 bits per heavy atom. The summed E-state index contributed by atoms with van der Waals surface area (Å²) in [5.41, 5.74) is 7.15. The summed E-state index contributed by atoms with van der Waals surface area (Å²) in [5, 5.41) is 11.9. The van der Waals surface area contributed by atoms with Crippen molar-refractivity contribution in [3.05, 3.63) is 90.2 Å². The maximum Gasteiger partial charge on any atom is 0.472 e. The number of allylic oxidation sites excluding steroid dienone is 1. The number of phenols is 1. The van der Waals surface area contributed by atoms with Crippen LogP contribution < -0.4 is 11.1 Å². The van der Waals surface area contributed by atoms with Crippen molar-refractivity contribution in [3.63, 3.8) is 0 Å². The number of benzene rings is 2. The minimum atomic E-state index is -5.28. The first kappa shape index (κ1) is 42.5. The number of nitrogen functional groups attached to an aromatic ring is 1. The Morgan fingerprint density at radius 1 is 0.983 bits per heavy atom. The van der Waals surface area contributed by atoms with E-state index in [2.05, 4.69) is 20.3 Å². The monoisotopic (exact) mass is 881 g/mol. The summed E-state index contributed by atoms with van der Waals surface area (Å²) < 4.78 is 96.0. The van der Waals surface area contributed by atoms with Gasteiger partial charge in [-0.15, -0.1) is 0 Å². The minimum Gasteiger partial charge on any atom is -0.508 e. The normalized spacial score (nSPS) is 31.2. The van der Waals surface area contributed by atoms with Gasteiger partial charge in [0.15, 0.2) is 42.0 Å². The second-order valence-corrected chi connectivity index (χ2v) is 18.5. The fourth-order valence-corrected chi connectivity index (χ4v) is 10.6. The lowest BCUT2D eigenvalue weighted by Gasteiger charge is -2.31. The molecule has 2 amide bonds. The van der Waals surface area contributed by atoms with Crippen molar-refractivity contribution in [2.75, 3.05) is 26.0 Å². The largest absolute Gasteiger partial charge is 0.508 e. The highest BCUT2D eigenvalue weighted by Gasteiger charge is 2.56. The highest BCUT2D eigenvalue weighted by Crippen LogP contribution is 2.64. The number of aldehydes is 1. The number of imidazole rings is 1. The number of urea groups is 1. The first-order valence-electron chi connectivity index (χ1n) is 17.5. The molecule has 3 fully saturated rings. The molecule has 5 heterocycles. The molecule has 59 heavy (non-hydrogen) atoms. The van der Waals surface area contributed by atoms with Crippen molar-refractivity contribution in [2.45, 2.75) is 55.0 Å². The van der Waals surface area contributed by atoms with Crippen LogP contribution in [0.25, 0.3) is 11.2 Å². The van der Waals surface area contributed by atoms with Gasteiger partial charge in [0.05, 0.1) is 19.5 Å². The number of nitrogens with one attached hydrogen (secondary N) is 1. The fourth-order valence-electron chi connectivity index (χ4n) is 6.36. The molecule has 10 atom stereocenters. The second kappa shape index (κ2) is 17.5. The number of anilines is 1. The van der Waals surface area contributed by atoms with E-state index in [1.165, 1.54) is 48.0 Å². The molecule has 7 rings (SSSR count). The number of fused-ring (bicyclic) bond motifs is 5. The van der Waals surface area contributed by atoms with Gasteiger partial charge in [-0.25, -0.2) is 37.7 Å². The molecule has 0 aliphatic carbocycles. The van der Waals surface area contributed by atoms with Gasteiger partial charge in [0.2, 0.25) is 0 Å². The number of alkyl halides is 2. The molecule has 314 valence electrons. The lowest BCUT2D eigenvalue weighted by atomic mass is 10.0. The van der Waals surface area contributed by atoms with E-state index in [1.54, 1.807) is 12.1 Å². The number of halogens is 2. The van der Waals surface area contributed by atoms with Crippen molar-refractivity contribution in [2.24, 2.45) is 0 Å². The van der Waals surface area contributed by atoms with Gasteiger partial charge in [0, 0.05) is 30.1 Å². The number of carbonyl (C=O) groups is 3. The van der Waals surface area contributed by atoms with Crippen molar-refractivity contribution >= 4 is 61.1 Å². The molecule has 3 aliphatic heterocycles. The van der Waals surface area contributed by atoms with Crippen molar-refractivity contribution in [3.8, 4) is 5.75 Å². The van der Waals surface area contributed by atoms with E-state index in [0.29, 0.717) is 34.4 Å². The third-order valence-electron chi connectivity index (χ3n) is 9.28. The highest BCUT2D eigenvalue weighted by atomic mass is 32.7. The highest BCUT2D eigenvalue weighted by molar-refractivity contribution is 8.54. The number of aromatic nitrogens is 4. The van der Waals surface area contributed by atoms with Crippen LogP contribution in [-0.2, 0) is 47.2 Å². The first-order valence-corrected chi connectivity index (χ1v) is 22.1. The summed E-state index contributed by atoms with van der Waals surface area (Å²) >= 11 is 0.551. The molecule has 4 bridgehead atoms. The molecule has 0 spiro atoms. The molecule has 2 aromatic carbocycles. The number of hydrogen-bond donors (Lipinski definition) is 4. The molecule has 0 radical (unpaired) electrons. The SMILES string of the molecule is CNC(=O)N(/C=C\C=O)[C@@H]1O[C@@H]2COP(=O)(O)O[C@@H]3[C@H](F)[C@@H](COP(=O)(SCc4ccc(C(=O)c5ccc(O)cc5)cc4)O[C@@H]1[C@@H]2F)O[C@H]3n1cnc2c(N)ncnc21. The Hall–Kier alpha value is -4.67. The number of aromatic hydroxyl groups is 1. The zero-order valence-corrected chi connectivity index (χ0v) is 33.1. The zero-order valence-electron chi connectivity index (χ0n) is 30.5. The van der Waals surface area contributed by atoms with Crippen LogP contribution in [0.4, 0.5) is 19.4 Å². The van der Waals surface area contributed by atoms with Crippen molar-refractivity contribution < 1.29 is 69.9 Å². The van der Waals surface area contributed by atoms with Gasteiger partial charge in [0.1, 0.15) is 48.3 Å². The number of phosphoric acid groups is 1. The third kappa shape index (κ3) is 9.09. The number of rotatable bonds is 9. The molecular formula is C34H35F2N7O13P2S. The van der Waals surface area contributed by atoms with Gasteiger partial charge in [-0.3, -0.25) is 37.2 Å². The van der Waals surface area contributed by atoms with Crippen LogP contribution in [0.2, 0.25) is 0 Å². The number of carbonyl (C=O) groups excluding carboxylic acids is 3. The first-order chi connectivity index (χ1) is 28.2. The Bertz CT molecular complexity index is 2330. The van der Waals surface area contributed by atoms with E-state index < -0.39 is 83.1 Å². The Kier molecular flexibility index (Phi) is 12.6. The van der Waals surface area contributed by atoms with Crippen LogP contribution in [0.1, 0.15) is 27.7 Å². The van der Waals surface area contributed by atoms with E-state index in [4.69, 9.17) is 33.3 Å². The standard InChI is InChI=1S/C34H35F2N7O13P2S/c1-38-34(47)42(11-2-12-44)32-29-25(36)22(53-32)13-51-57(48,49)55-28-24(35)23(54-33(28)43-17-41-26-30(37)39-16-40-31(26)43)14-52-58(50,56-29)59-15-18-3-5-19(6-4-18)27(46)20-7-9-21(45)10-8-20/h2-12,16-17,22-25,28-29,32-33,45H,13-15H2,1H3,(H,38,47)(H,48,49)(H2,37,39,40)/b11-2-/t22-,23-,24-,25-,28-,29-,32-,33-,58?/m1/s1. The average Bonchev–Trinajstić information content (AvgIpc) is 3.88. The molecule has 0 saturated carbocycles. The summed E-state index contributed by atoms with van der Waals surface area (Å²) in [6.45, 7) is -6.61. The maximum atomic E-state index is 16.5. The second-order valence-electron chi connectivity index (χ2n) is 13.0. The average molecular weight is 882 g/mol. The molecule has 25 heteroatoms. The van der Waals surface area contributed by atoms with Gasteiger partial charge in [-0.2, -0.15) is 0 Å². The maximum absolute atomic E-state index is 16.5. The minimum absolute atomic E-state index is 0.0128. The molecule has 2 aromatic heterocycles. The molecule has 2 unspecified atom stereocenters. The quantitative estimate of drug-likeness (QED) is 0.0802. The third-order valence-corrected chi connectivity index (χ3v) is 13.9. The molecule has 5 N–H and O–H groups in total. The number of phosphoric ester groups is 1. The Balaban J connectivity index is 1.21. The van der Waals surface area contributed by atoms with Crippen molar-refractivity contribution in [1.82, 2.24) is 29.7 Å². The molecule has 3 saturated heterocycles. The van der Waals surface area contributed by atoms with E-state index in [9.17, 15) is 33.5 Å². The summed E-state index contributed by atoms with van der Waals surface area (Å²) in [6.07, 6.45) is -10.9. The van der Waals surface area contributed by atoms with Crippen LogP contribution in [-0.4, -0.2) is 116 Å². The topological polar surface area (TPSA) is 266 Å². The van der Waals surface area contributed by atoms with Gasteiger partial charge in [0.25, 0.3) is 0 Å². The van der Waals surface area contributed by atoms with Crippen LogP contribution in [0.15, 0.2) is 73.5 Å². The summed E-state index contributed by atoms with van der Waals surface area (Å²) in [7, 11) is -4.05. The van der Waals surface area contributed by atoms with E-state index in [0.717, 1.165) is 29.8 Å². The van der Waals surface area contributed by atoms with Gasteiger partial charge in [-0.05, 0) is 47.3 Å². The number of phenolic OH excluding ortho intramolecular Hbond substituents is 1. The number of nitrogens with two attached hydrogens (primary N) is 1. The summed E-state index contributed by atoms with van der Waals surface area (Å²) in [5.74, 6) is -0.531. The zero-order chi connectivity index (χ0) is 42.1. The lowest BCUT2D eigenvalue weighted by Crippen LogP contribution is -2.47. The van der Waals surface area contributed by atoms with Gasteiger partial charge >= 0.3 is 20.7 Å². The predicted molar refractivity (Wildman–Crippen MR) is 202 cm³/mol.